The van der Waals surface area contributed by atoms with Gasteiger partial charge in [0.1, 0.15) is 0 Å². The molecule has 0 atom stereocenters. The predicted molar refractivity (Wildman–Crippen MR) is 15.2 cm³/mol. The molecule has 0 unspecified atom stereocenters. The maximum Gasteiger partial charge on any atom is 5.00 e. The Morgan fingerprint density at radius 3 is 0.667 bits per heavy atom. The third-order valence-electron chi connectivity index (χ3n) is 0. The monoisotopic (exact) mass is 290 g/mol. The van der Waals surface area contributed by atoms with Crippen LogP contribution in [0.1, 0.15) is 0 Å². The fourth-order valence-corrected chi connectivity index (χ4v) is 0. The molecule has 0 heterocycles. The molecule has 0 bridgehead atoms. The van der Waals surface area contributed by atoms with Gasteiger partial charge in [0, 0.05) is 0 Å². The van der Waals surface area contributed by atoms with E-state index in [4.69, 9.17) is 38.5 Å². The minimum atomic E-state index is -5.39. The van der Waals surface area contributed by atoms with Crippen LogP contribution in [0.4, 0.5) is 0 Å². The molecule has 0 spiro atoms. The van der Waals surface area contributed by atoms with Crippen LogP contribution < -0.4 is 48.2 Å². The van der Waals surface area contributed by atoms with E-state index in [2.05, 4.69) is 0 Å². The Balaban J connectivity index is -0.0000000457. The van der Waals surface area contributed by atoms with Crippen molar-refractivity contribution < 1.29 is 79.7 Å². The van der Waals surface area contributed by atoms with Gasteiger partial charge in [0.15, 0.2) is 0 Å². The Kier molecular flexibility index (Phi) is 17.8. The average molecular weight is 290 g/mol. The molecule has 64 valence electrons. The van der Waals surface area contributed by atoms with Crippen molar-refractivity contribution >= 4 is 15.6 Å². The molecule has 0 saturated heterocycles. The van der Waals surface area contributed by atoms with Crippen LogP contribution in [-0.2, 0) is 31.5 Å². The van der Waals surface area contributed by atoms with E-state index in [1.54, 1.807) is 0 Å². The minimum absolute atomic E-state index is 0. The normalized spacial score (nSPS) is 9.83. The van der Waals surface area contributed by atoms with Crippen molar-refractivity contribution in [2.45, 2.75) is 0 Å². The Morgan fingerprint density at radius 2 is 0.667 bits per heavy atom. The molecule has 0 radical (unpaired) electrons. The van der Waals surface area contributed by atoms with Gasteiger partial charge in [0.2, 0.25) is 0 Å². The van der Waals surface area contributed by atoms with E-state index in [-0.39, 0.29) is 41.2 Å². The van der Waals surface area contributed by atoms with E-state index in [0.717, 1.165) is 0 Å². The largest absolute Gasteiger partial charge is 5.00 e. The van der Waals surface area contributed by atoms with Crippen LogP contribution in [0.5, 0.6) is 0 Å². The van der Waals surface area contributed by atoms with Crippen LogP contribution in [0, 0.1) is 0 Å². The molecule has 12 heavy (non-hydrogen) atoms. The summed E-state index contributed by atoms with van der Waals surface area (Å²) in [6.45, 7) is 0. The van der Waals surface area contributed by atoms with Gasteiger partial charge in [0.25, 0.3) is 0 Å². The summed E-state index contributed by atoms with van der Waals surface area (Å²) < 4.78 is 17.1. The van der Waals surface area contributed by atoms with E-state index < -0.39 is 15.6 Å². The first-order valence-corrected chi connectivity index (χ1v) is 4.38. The molecule has 0 aliphatic rings. The standard InChI is InChI=1S/Li.Nb.2H3O4P/c;;2*1-5(2,3)4/h;;2*(H3,1,2,3,4)/q+1;+5;;/p-6. The quantitative estimate of drug-likeness (QED) is 0.312. The van der Waals surface area contributed by atoms with Crippen LogP contribution in [0.25, 0.3) is 0 Å². The van der Waals surface area contributed by atoms with Gasteiger partial charge < -0.3 is 38.5 Å². The van der Waals surface area contributed by atoms with Gasteiger partial charge in [-0.05, 0) is 0 Å². The molecule has 0 aromatic carbocycles. The van der Waals surface area contributed by atoms with Crippen LogP contribution >= 0.6 is 15.6 Å². The summed E-state index contributed by atoms with van der Waals surface area (Å²) in [5.74, 6) is 0. The molecule has 0 N–H and O–H groups in total. The first-order valence-electron chi connectivity index (χ1n) is 1.46. The molecule has 0 saturated carbocycles. The van der Waals surface area contributed by atoms with Crippen molar-refractivity contribution in [3.8, 4) is 0 Å². The van der Waals surface area contributed by atoms with Crippen molar-refractivity contribution in [2.75, 3.05) is 0 Å². The predicted octanol–water partition coefficient (Wildman–Crippen LogP) is -8.65. The maximum absolute atomic E-state index is 8.55. The van der Waals surface area contributed by atoms with Crippen LogP contribution in [0.3, 0.4) is 0 Å². The van der Waals surface area contributed by atoms with Gasteiger partial charge in [-0.15, -0.1) is 0 Å². The second kappa shape index (κ2) is 9.13. The van der Waals surface area contributed by atoms with E-state index in [9.17, 15) is 0 Å². The maximum atomic E-state index is 8.55. The Bertz CT molecular complexity index is 129. The summed E-state index contributed by atoms with van der Waals surface area (Å²) in [6.07, 6.45) is 0. The van der Waals surface area contributed by atoms with Gasteiger partial charge in [-0.1, -0.05) is 0 Å². The third kappa shape index (κ3) is 531. The number of hydrogen-bond donors (Lipinski definition) is 0. The molecular formula is LiNbO8P2. The second-order valence-corrected chi connectivity index (χ2v) is 2.68. The summed E-state index contributed by atoms with van der Waals surface area (Å²) in [5, 5.41) is 0. The van der Waals surface area contributed by atoms with Gasteiger partial charge >= 0.3 is 41.2 Å². The minimum Gasteiger partial charge on any atom is -0.822 e. The van der Waals surface area contributed by atoms with Crippen molar-refractivity contribution in [3.05, 3.63) is 0 Å². The van der Waals surface area contributed by atoms with Gasteiger partial charge in [0.05, 0.1) is 0 Å². The summed E-state index contributed by atoms with van der Waals surface area (Å²) in [7, 11) is -10.8. The topological polar surface area (TPSA) is 172 Å². The van der Waals surface area contributed by atoms with Crippen molar-refractivity contribution in [2.24, 2.45) is 0 Å². The smallest absolute Gasteiger partial charge is 0.822 e. The zero-order valence-electron chi connectivity index (χ0n) is 5.61. The average Bonchev–Trinajstić information content (AvgIpc) is 1.12. The SMILES string of the molecule is O=P([O-])([O-])[O-].O=P([O-])([O-])[O-].[Li+].[Nb+5]. The summed E-state index contributed by atoms with van der Waals surface area (Å²) in [5.41, 5.74) is 0. The van der Waals surface area contributed by atoms with Crippen molar-refractivity contribution in [1.29, 1.82) is 0 Å². The molecule has 12 heteroatoms. The number of rotatable bonds is 0. The summed E-state index contributed by atoms with van der Waals surface area (Å²) >= 11 is 0. The zero-order valence-corrected chi connectivity index (χ0v) is 9.60. The molecule has 0 aromatic rings. The third-order valence-corrected chi connectivity index (χ3v) is 0. The molecular weight excluding hydrogens is 290 g/mol. The summed E-state index contributed by atoms with van der Waals surface area (Å²) in [6, 6.07) is 0. The van der Waals surface area contributed by atoms with Gasteiger partial charge in [-0.25, -0.2) is 0 Å². The van der Waals surface area contributed by atoms with E-state index >= 15 is 0 Å². The zero-order chi connectivity index (χ0) is 9.00. The number of hydrogen-bond acceptors (Lipinski definition) is 8. The van der Waals surface area contributed by atoms with E-state index in [1.807, 2.05) is 0 Å². The second-order valence-electron chi connectivity index (χ2n) is 0.894. The molecule has 0 rings (SSSR count). The Morgan fingerprint density at radius 1 is 0.667 bits per heavy atom. The number of phosphoric acid groups is 2. The molecule has 0 aliphatic carbocycles. The van der Waals surface area contributed by atoms with Crippen molar-refractivity contribution in [3.63, 3.8) is 0 Å². The molecule has 0 fully saturated rings. The van der Waals surface area contributed by atoms with E-state index in [0.29, 0.717) is 0 Å². The summed E-state index contributed by atoms with van der Waals surface area (Å²) in [4.78, 5) is 51.3. The molecule has 0 aromatic heterocycles. The first kappa shape index (κ1) is 23.4. The fourth-order valence-electron chi connectivity index (χ4n) is 0. The van der Waals surface area contributed by atoms with Crippen LogP contribution in [0.15, 0.2) is 0 Å². The Labute approximate surface area is 95.2 Å². The van der Waals surface area contributed by atoms with Crippen LogP contribution in [0.2, 0.25) is 0 Å². The van der Waals surface area contributed by atoms with Crippen molar-refractivity contribution in [1.82, 2.24) is 0 Å². The fraction of sp³-hybridized carbons (Fsp3) is 0. The van der Waals surface area contributed by atoms with E-state index in [1.165, 1.54) is 0 Å². The molecule has 0 aliphatic heterocycles. The molecule has 0 amide bonds. The van der Waals surface area contributed by atoms with Gasteiger partial charge in [-0.3, -0.25) is 0 Å². The van der Waals surface area contributed by atoms with Gasteiger partial charge in [-0.2, -0.15) is 15.6 Å². The van der Waals surface area contributed by atoms with Crippen LogP contribution in [-0.4, -0.2) is 0 Å². The first-order chi connectivity index (χ1) is 4.00. The Hall–Kier alpha value is 1.56. The molecule has 8 nitrogen and oxygen atoms in total.